The Morgan fingerprint density at radius 3 is 2.24 bits per heavy atom. The number of halogens is 2. The number of allylic oxidation sites excluding steroid dienone is 4. The lowest BCUT2D eigenvalue weighted by Crippen LogP contribution is -2.26. The van der Waals surface area contributed by atoms with Gasteiger partial charge in [0.25, 0.3) is 0 Å². The lowest BCUT2D eigenvalue weighted by Gasteiger charge is -2.15. The van der Waals surface area contributed by atoms with E-state index in [9.17, 15) is 13.7 Å². The van der Waals surface area contributed by atoms with E-state index < -0.39 is 19.9 Å². The Hall–Kier alpha value is -2.83. The lowest BCUT2D eigenvalue weighted by atomic mass is 10.2. The third kappa shape index (κ3) is 3.81. The number of hydrogen-bond donors (Lipinski definition) is 1. The summed E-state index contributed by atoms with van der Waals surface area (Å²) >= 11 is 5.89. The third-order valence-electron chi connectivity index (χ3n) is 3.05. The molecule has 2 rings (SSSR count). The normalized spacial score (nSPS) is 15.6. The number of aryl methyl sites for hydroxylation is 1. The van der Waals surface area contributed by atoms with Crippen LogP contribution in [0.4, 0.5) is 0 Å². The summed E-state index contributed by atoms with van der Waals surface area (Å²) in [6.07, 6.45) is 0. The van der Waals surface area contributed by atoms with Crippen molar-refractivity contribution in [3.63, 3.8) is 0 Å². The van der Waals surface area contributed by atoms with Crippen molar-refractivity contribution < 1.29 is 8.42 Å². The second-order valence-corrected chi connectivity index (χ2v) is 6.85. The number of benzene rings is 1. The van der Waals surface area contributed by atoms with Crippen molar-refractivity contribution in [1.82, 2.24) is 5.32 Å². The van der Waals surface area contributed by atoms with E-state index in [1.165, 1.54) is 12.1 Å². The zero-order valence-electron chi connectivity index (χ0n) is 12.6. The van der Waals surface area contributed by atoms with Crippen molar-refractivity contribution in [1.29, 1.82) is 15.8 Å². The first-order chi connectivity index (χ1) is 11.3. The van der Waals surface area contributed by atoms with Gasteiger partial charge in [-0.05, 0) is 19.1 Å². The van der Waals surface area contributed by atoms with Gasteiger partial charge in [-0.2, -0.15) is 15.8 Å². The molecule has 1 aliphatic rings. The van der Waals surface area contributed by atoms with Gasteiger partial charge in [0.2, 0.25) is 9.84 Å². The first-order valence-electron chi connectivity index (χ1n) is 6.37. The van der Waals surface area contributed by atoms with Crippen molar-refractivity contribution in [2.45, 2.75) is 11.8 Å². The average Bonchev–Trinajstić information content (AvgIpc) is 2.56. The van der Waals surface area contributed by atoms with Gasteiger partial charge in [0.05, 0.1) is 4.90 Å². The van der Waals surface area contributed by atoms with Gasteiger partial charge in [-0.1, -0.05) is 29.3 Å². The molecule has 1 N–H and O–H groups in total. The van der Waals surface area contributed by atoms with Crippen LogP contribution in [0.25, 0.3) is 0 Å². The highest BCUT2D eigenvalue weighted by molar-refractivity contribution is 7.95. The maximum Gasteiger partial charge on any atom is 0.218 e. The van der Waals surface area contributed by atoms with E-state index >= 15 is 0 Å². The summed E-state index contributed by atoms with van der Waals surface area (Å²) in [7, 11) is -4.18. The number of aliphatic imine (C=N–C) groups is 1. The first kappa shape index (κ1) is 20.2. The van der Waals surface area contributed by atoms with Crippen LogP contribution in [-0.4, -0.2) is 13.6 Å². The van der Waals surface area contributed by atoms with E-state index in [4.69, 9.17) is 22.1 Å². The highest BCUT2D eigenvalue weighted by atomic mass is 35.5. The molecule has 0 fully saturated rings. The fourth-order valence-electron chi connectivity index (χ4n) is 1.84. The summed E-state index contributed by atoms with van der Waals surface area (Å²) in [5, 5.41) is 29.2. The van der Waals surface area contributed by atoms with Gasteiger partial charge >= 0.3 is 0 Å². The topological polar surface area (TPSA) is 130 Å². The molecule has 0 aromatic heterocycles. The van der Waals surface area contributed by atoms with E-state index in [-0.39, 0.29) is 34.4 Å². The van der Waals surface area contributed by atoms with Crippen molar-refractivity contribution in [2.75, 3.05) is 0 Å². The van der Waals surface area contributed by atoms with E-state index in [1.54, 1.807) is 37.3 Å². The maximum atomic E-state index is 12.7. The predicted molar refractivity (Wildman–Crippen MR) is 92.9 cm³/mol. The number of sulfone groups is 1. The van der Waals surface area contributed by atoms with Gasteiger partial charge in [-0.25, -0.2) is 13.4 Å². The minimum atomic E-state index is -4.18. The summed E-state index contributed by atoms with van der Waals surface area (Å²) in [5.41, 5.74) is -0.0702. The van der Waals surface area contributed by atoms with Crippen LogP contribution in [0.1, 0.15) is 5.56 Å². The summed E-state index contributed by atoms with van der Waals surface area (Å²) < 4.78 is 25.3. The fraction of sp³-hybridized carbons (Fsp3) is 0.0667. The Morgan fingerprint density at radius 2 is 1.76 bits per heavy atom. The molecular formula is C15H9Cl2N5O2S. The van der Waals surface area contributed by atoms with Crippen LogP contribution in [0, 0.1) is 40.9 Å². The molecule has 7 nitrogen and oxygen atoms in total. The Morgan fingerprint density at radius 1 is 1.16 bits per heavy atom. The molecule has 1 aromatic rings. The van der Waals surface area contributed by atoms with Crippen LogP contribution in [0.2, 0.25) is 0 Å². The van der Waals surface area contributed by atoms with Gasteiger partial charge in [0, 0.05) is 0 Å². The van der Waals surface area contributed by atoms with Crippen molar-refractivity contribution in [2.24, 2.45) is 4.99 Å². The summed E-state index contributed by atoms with van der Waals surface area (Å²) in [4.78, 5) is 2.88. The highest BCUT2D eigenvalue weighted by Crippen LogP contribution is 2.26. The van der Waals surface area contributed by atoms with Crippen LogP contribution in [0.5, 0.6) is 0 Å². The molecule has 1 aromatic carbocycles. The fourth-order valence-corrected chi connectivity index (χ4v) is 3.39. The van der Waals surface area contributed by atoms with Crippen LogP contribution in [-0.2, 0) is 9.84 Å². The van der Waals surface area contributed by atoms with Gasteiger partial charge in [0.1, 0.15) is 23.9 Å². The molecule has 1 aliphatic heterocycles. The zero-order valence-corrected chi connectivity index (χ0v) is 15.0. The van der Waals surface area contributed by atoms with E-state index in [0.717, 1.165) is 5.56 Å². The summed E-state index contributed by atoms with van der Waals surface area (Å²) in [6.45, 7) is 1.79. The minimum Gasteiger partial charge on any atom is -0.340 e. The smallest absolute Gasteiger partial charge is 0.218 e. The molecule has 0 radical (unpaired) electrons. The Labute approximate surface area is 155 Å². The van der Waals surface area contributed by atoms with Gasteiger partial charge < -0.3 is 5.32 Å². The summed E-state index contributed by atoms with van der Waals surface area (Å²) in [6, 6.07) is 10.8. The van der Waals surface area contributed by atoms with Crippen molar-refractivity contribution in [3.8, 4) is 18.2 Å². The molecule has 0 unspecified atom stereocenters. The molecule has 0 amide bonds. The molecule has 0 aliphatic carbocycles. The number of hydrogen-bond acceptors (Lipinski definition) is 7. The molecule has 1 heterocycles. The molecule has 0 spiro atoms. The molecule has 10 heteroatoms. The molecule has 0 saturated heterocycles. The first-order valence-corrected chi connectivity index (χ1v) is 8.23. The second kappa shape index (κ2) is 7.83. The number of nitrogens with one attached hydrogen (secondary N) is 1. The Balaban J connectivity index is 0.00000312. The quantitative estimate of drug-likeness (QED) is 0.767. The molecule has 126 valence electrons. The zero-order chi connectivity index (χ0) is 17.9. The van der Waals surface area contributed by atoms with E-state index in [2.05, 4.69) is 10.3 Å². The van der Waals surface area contributed by atoms with Crippen molar-refractivity contribution >= 4 is 39.0 Å². The van der Waals surface area contributed by atoms with Gasteiger partial charge in [0.15, 0.2) is 21.5 Å². The van der Waals surface area contributed by atoms with Crippen LogP contribution in [0.15, 0.2) is 56.1 Å². The largest absolute Gasteiger partial charge is 0.340 e. The number of nitrogens with zero attached hydrogens (tertiary/aromatic N) is 4. The molecule has 0 atom stereocenters. The monoisotopic (exact) mass is 393 g/mol. The third-order valence-corrected chi connectivity index (χ3v) is 5.05. The second-order valence-electron chi connectivity index (χ2n) is 4.61. The molecule has 0 bridgehead atoms. The van der Waals surface area contributed by atoms with E-state index in [0.29, 0.717) is 0 Å². The lowest BCUT2D eigenvalue weighted by molar-refractivity contribution is 0.602. The molecule has 0 saturated carbocycles. The van der Waals surface area contributed by atoms with Crippen molar-refractivity contribution in [3.05, 3.63) is 51.8 Å². The maximum absolute atomic E-state index is 12.7. The SMILES string of the molecule is Cc1ccc(S(=O)(=O)C(C#N)=C2NC(C#N)=C(C#N)N=C2Cl)cc1.Cl. The minimum absolute atomic E-state index is 0. The molecule has 25 heavy (non-hydrogen) atoms. The average molecular weight is 394 g/mol. The predicted octanol–water partition coefficient (Wildman–Crippen LogP) is 2.42. The van der Waals surface area contributed by atoms with E-state index in [1.807, 2.05) is 0 Å². The number of nitriles is 3. The standard InChI is InChI=1S/C15H8ClN5O2S.ClH/c1-9-2-4-10(5-3-9)24(22,23)13(8-19)14-15(16)21-12(7-18)11(6-17)20-14;/h2-5,20H,1H3;1H. The highest BCUT2D eigenvalue weighted by Gasteiger charge is 2.30. The van der Waals surface area contributed by atoms with Crippen LogP contribution in [0.3, 0.4) is 0 Å². The Kier molecular flexibility index (Phi) is 6.33. The van der Waals surface area contributed by atoms with Crippen LogP contribution < -0.4 is 5.32 Å². The summed E-state index contributed by atoms with van der Waals surface area (Å²) in [5.74, 6) is 0. The van der Waals surface area contributed by atoms with Gasteiger partial charge in [-0.3, -0.25) is 0 Å². The number of rotatable bonds is 2. The van der Waals surface area contributed by atoms with Gasteiger partial charge in [-0.15, -0.1) is 12.4 Å². The molecular weight excluding hydrogens is 385 g/mol. The Bertz CT molecular complexity index is 1030. The van der Waals surface area contributed by atoms with Crippen LogP contribution >= 0.6 is 24.0 Å².